The van der Waals surface area contributed by atoms with Crippen LogP contribution in [0.3, 0.4) is 0 Å². The molecule has 0 saturated carbocycles. The molecule has 152 valence electrons. The molecule has 0 heterocycles. The monoisotopic (exact) mass is 402 g/mol. The molecule has 0 radical (unpaired) electrons. The summed E-state index contributed by atoms with van der Waals surface area (Å²) in [4.78, 5) is 36.0. The normalized spacial score (nSPS) is 11.3. The Labute approximate surface area is 174 Å². The highest BCUT2D eigenvalue weighted by molar-refractivity contribution is 6.00. The zero-order valence-electron chi connectivity index (χ0n) is 16.7. The topological polar surface area (TPSA) is 84.5 Å². The van der Waals surface area contributed by atoms with Crippen LogP contribution in [0.15, 0.2) is 78.9 Å². The molecule has 2 amide bonds. The molecule has 0 aliphatic rings. The Kier molecular flexibility index (Phi) is 6.60. The molecular formula is C24H22N2O4. The second-order valence-corrected chi connectivity index (χ2v) is 6.71. The van der Waals surface area contributed by atoms with Gasteiger partial charge < -0.3 is 15.4 Å². The average Bonchev–Trinajstić information content (AvgIpc) is 2.74. The van der Waals surface area contributed by atoms with Crippen molar-refractivity contribution in [2.24, 2.45) is 0 Å². The molecule has 0 saturated heterocycles. The SMILES string of the molecule is CC(=O)Nc1ccc(C(=O)OC(C)C(=O)Nc2ccccc2-c2ccccc2)cc1. The Bertz CT molecular complexity index is 1050. The second kappa shape index (κ2) is 9.52. The zero-order chi connectivity index (χ0) is 21.5. The minimum Gasteiger partial charge on any atom is -0.449 e. The van der Waals surface area contributed by atoms with E-state index in [-0.39, 0.29) is 11.5 Å². The van der Waals surface area contributed by atoms with Crippen molar-refractivity contribution in [3.63, 3.8) is 0 Å². The fourth-order valence-corrected chi connectivity index (χ4v) is 2.87. The van der Waals surface area contributed by atoms with Crippen molar-refractivity contribution >= 4 is 29.2 Å². The lowest BCUT2D eigenvalue weighted by Crippen LogP contribution is -2.30. The van der Waals surface area contributed by atoms with Gasteiger partial charge in [0, 0.05) is 23.9 Å². The van der Waals surface area contributed by atoms with E-state index in [9.17, 15) is 14.4 Å². The third kappa shape index (κ3) is 5.32. The zero-order valence-corrected chi connectivity index (χ0v) is 16.7. The maximum Gasteiger partial charge on any atom is 0.338 e. The lowest BCUT2D eigenvalue weighted by Gasteiger charge is -2.16. The van der Waals surface area contributed by atoms with E-state index in [1.54, 1.807) is 18.2 Å². The number of rotatable bonds is 6. The van der Waals surface area contributed by atoms with E-state index in [1.807, 2.05) is 48.5 Å². The molecule has 0 bridgehead atoms. The second-order valence-electron chi connectivity index (χ2n) is 6.71. The number of carbonyl (C=O) groups excluding carboxylic acids is 3. The highest BCUT2D eigenvalue weighted by atomic mass is 16.5. The van der Waals surface area contributed by atoms with Crippen molar-refractivity contribution in [1.82, 2.24) is 0 Å². The van der Waals surface area contributed by atoms with Gasteiger partial charge in [-0.3, -0.25) is 9.59 Å². The highest BCUT2D eigenvalue weighted by Gasteiger charge is 2.20. The number of esters is 1. The summed E-state index contributed by atoms with van der Waals surface area (Å²) >= 11 is 0. The van der Waals surface area contributed by atoms with Crippen LogP contribution in [-0.2, 0) is 14.3 Å². The molecule has 1 atom stereocenters. The fourth-order valence-electron chi connectivity index (χ4n) is 2.87. The molecule has 0 fully saturated rings. The van der Waals surface area contributed by atoms with Crippen LogP contribution in [0, 0.1) is 0 Å². The molecule has 3 rings (SSSR count). The van der Waals surface area contributed by atoms with E-state index in [0.717, 1.165) is 11.1 Å². The van der Waals surface area contributed by atoms with E-state index in [4.69, 9.17) is 4.74 Å². The first kappa shape index (κ1) is 20.8. The summed E-state index contributed by atoms with van der Waals surface area (Å²) in [6.07, 6.45) is -0.989. The Morgan fingerprint density at radius 2 is 1.43 bits per heavy atom. The van der Waals surface area contributed by atoms with Gasteiger partial charge in [-0.15, -0.1) is 0 Å². The van der Waals surface area contributed by atoms with E-state index in [1.165, 1.54) is 26.0 Å². The van der Waals surface area contributed by atoms with Crippen LogP contribution in [0.4, 0.5) is 11.4 Å². The summed E-state index contributed by atoms with van der Waals surface area (Å²) in [6.45, 7) is 2.92. The highest BCUT2D eigenvalue weighted by Crippen LogP contribution is 2.27. The molecule has 1 unspecified atom stereocenters. The van der Waals surface area contributed by atoms with Crippen molar-refractivity contribution in [2.75, 3.05) is 10.6 Å². The largest absolute Gasteiger partial charge is 0.449 e. The first-order valence-corrected chi connectivity index (χ1v) is 9.48. The van der Waals surface area contributed by atoms with Crippen LogP contribution in [0.25, 0.3) is 11.1 Å². The van der Waals surface area contributed by atoms with Gasteiger partial charge in [-0.25, -0.2) is 4.79 Å². The van der Waals surface area contributed by atoms with Crippen LogP contribution in [0.1, 0.15) is 24.2 Å². The van der Waals surface area contributed by atoms with Crippen molar-refractivity contribution < 1.29 is 19.1 Å². The van der Waals surface area contributed by atoms with Gasteiger partial charge in [0.2, 0.25) is 5.91 Å². The number of para-hydroxylation sites is 1. The number of anilines is 2. The Balaban J connectivity index is 1.65. The minimum atomic E-state index is -0.989. The maximum atomic E-state index is 12.6. The van der Waals surface area contributed by atoms with Crippen molar-refractivity contribution in [3.8, 4) is 11.1 Å². The minimum absolute atomic E-state index is 0.202. The van der Waals surface area contributed by atoms with Crippen LogP contribution < -0.4 is 10.6 Å². The van der Waals surface area contributed by atoms with E-state index < -0.39 is 18.0 Å². The molecule has 3 aromatic rings. The van der Waals surface area contributed by atoms with Crippen LogP contribution in [0.2, 0.25) is 0 Å². The lowest BCUT2D eigenvalue weighted by molar-refractivity contribution is -0.123. The number of amides is 2. The van der Waals surface area contributed by atoms with Gasteiger partial charge in [-0.2, -0.15) is 0 Å². The fraction of sp³-hybridized carbons (Fsp3) is 0.125. The number of hydrogen-bond acceptors (Lipinski definition) is 4. The molecular weight excluding hydrogens is 380 g/mol. The summed E-state index contributed by atoms with van der Waals surface area (Å²) in [5.41, 5.74) is 3.34. The Morgan fingerprint density at radius 3 is 2.10 bits per heavy atom. The standard InChI is InChI=1S/C24H22N2O4/c1-16(30-24(29)19-12-14-20(15-13-19)25-17(2)27)23(28)26-22-11-7-6-10-21(22)18-8-4-3-5-9-18/h3-16H,1-2H3,(H,25,27)(H,26,28). The Morgan fingerprint density at radius 1 is 0.800 bits per heavy atom. The smallest absolute Gasteiger partial charge is 0.338 e. The average molecular weight is 402 g/mol. The first-order chi connectivity index (χ1) is 14.4. The van der Waals surface area contributed by atoms with Gasteiger partial charge >= 0.3 is 5.97 Å². The van der Waals surface area contributed by atoms with E-state index in [0.29, 0.717) is 11.4 Å². The molecule has 0 aromatic heterocycles. The van der Waals surface area contributed by atoms with Gasteiger partial charge in [0.15, 0.2) is 6.10 Å². The quantitative estimate of drug-likeness (QED) is 0.595. The van der Waals surface area contributed by atoms with Gasteiger partial charge in [0.1, 0.15) is 0 Å². The summed E-state index contributed by atoms with van der Waals surface area (Å²) in [6, 6.07) is 23.4. The number of benzene rings is 3. The lowest BCUT2D eigenvalue weighted by atomic mass is 10.0. The van der Waals surface area contributed by atoms with Crippen LogP contribution in [-0.4, -0.2) is 23.9 Å². The summed E-state index contributed by atoms with van der Waals surface area (Å²) < 4.78 is 5.30. The van der Waals surface area contributed by atoms with Crippen molar-refractivity contribution in [1.29, 1.82) is 0 Å². The molecule has 0 aliphatic heterocycles. The third-order valence-corrected chi connectivity index (χ3v) is 4.36. The maximum absolute atomic E-state index is 12.6. The van der Waals surface area contributed by atoms with E-state index in [2.05, 4.69) is 10.6 Å². The van der Waals surface area contributed by atoms with Gasteiger partial charge in [0.05, 0.1) is 5.56 Å². The van der Waals surface area contributed by atoms with Gasteiger partial charge in [0.25, 0.3) is 5.91 Å². The van der Waals surface area contributed by atoms with Crippen LogP contribution in [0.5, 0.6) is 0 Å². The summed E-state index contributed by atoms with van der Waals surface area (Å²) in [5.74, 6) is -1.25. The Hall–Kier alpha value is -3.93. The summed E-state index contributed by atoms with van der Waals surface area (Å²) in [7, 11) is 0. The predicted molar refractivity (Wildman–Crippen MR) is 116 cm³/mol. The third-order valence-electron chi connectivity index (χ3n) is 4.36. The molecule has 0 aliphatic carbocycles. The first-order valence-electron chi connectivity index (χ1n) is 9.48. The molecule has 0 spiro atoms. The van der Waals surface area contributed by atoms with Crippen molar-refractivity contribution in [3.05, 3.63) is 84.4 Å². The van der Waals surface area contributed by atoms with Gasteiger partial charge in [-0.05, 0) is 42.8 Å². The number of carbonyl (C=O) groups is 3. The molecule has 30 heavy (non-hydrogen) atoms. The predicted octanol–water partition coefficient (Wildman–Crippen LogP) is 4.50. The number of hydrogen-bond donors (Lipinski definition) is 2. The van der Waals surface area contributed by atoms with Crippen LogP contribution >= 0.6 is 0 Å². The molecule has 6 nitrogen and oxygen atoms in total. The summed E-state index contributed by atoms with van der Waals surface area (Å²) in [5, 5.41) is 5.45. The molecule has 2 N–H and O–H groups in total. The number of nitrogens with one attached hydrogen (secondary N) is 2. The van der Waals surface area contributed by atoms with E-state index >= 15 is 0 Å². The van der Waals surface area contributed by atoms with Gasteiger partial charge in [-0.1, -0.05) is 48.5 Å². The van der Waals surface area contributed by atoms with Crippen molar-refractivity contribution in [2.45, 2.75) is 20.0 Å². The molecule has 6 heteroatoms. The number of ether oxygens (including phenoxy) is 1. The molecule has 3 aromatic carbocycles.